The summed E-state index contributed by atoms with van der Waals surface area (Å²) in [5.41, 5.74) is 1.37. The zero-order valence-electron chi connectivity index (χ0n) is 13.9. The molecule has 0 amide bonds. The zero-order chi connectivity index (χ0) is 17.7. The number of ketones is 1. The van der Waals surface area contributed by atoms with Crippen LogP contribution in [-0.2, 0) is 10.0 Å². The van der Waals surface area contributed by atoms with Crippen molar-refractivity contribution in [1.29, 1.82) is 0 Å². The Kier molecular flexibility index (Phi) is 5.75. The van der Waals surface area contributed by atoms with Crippen LogP contribution in [0.2, 0.25) is 0 Å². The molecule has 0 atom stereocenters. The quantitative estimate of drug-likeness (QED) is 0.782. The topological polar surface area (TPSA) is 72.5 Å². The van der Waals surface area contributed by atoms with Crippen molar-refractivity contribution >= 4 is 15.8 Å². The Morgan fingerprint density at radius 1 is 1.12 bits per heavy atom. The second-order valence-corrected chi connectivity index (χ2v) is 7.44. The summed E-state index contributed by atoms with van der Waals surface area (Å²) in [5, 5.41) is 0. The lowest BCUT2D eigenvalue weighted by Gasteiger charge is -2.13. The predicted molar refractivity (Wildman–Crippen MR) is 93.0 cm³/mol. The number of benzene rings is 2. The monoisotopic (exact) mass is 347 g/mol. The predicted octanol–water partition coefficient (Wildman–Crippen LogP) is 2.98. The Balaban J connectivity index is 2.15. The fourth-order valence-electron chi connectivity index (χ4n) is 2.30. The molecule has 0 saturated heterocycles. The van der Waals surface area contributed by atoms with Gasteiger partial charge in [0.25, 0.3) is 0 Å². The van der Waals surface area contributed by atoms with Gasteiger partial charge in [-0.1, -0.05) is 32.0 Å². The summed E-state index contributed by atoms with van der Waals surface area (Å²) in [5.74, 6) is 0.610. The molecule has 0 bridgehead atoms. The molecule has 0 spiro atoms. The van der Waals surface area contributed by atoms with Crippen molar-refractivity contribution in [3.05, 3.63) is 59.7 Å². The molecule has 128 valence electrons. The lowest BCUT2D eigenvalue weighted by atomic mass is 9.98. The molecule has 0 fully saturated rings. The van der Waals surface area contributed by atoms with Crippen LogP contribution in [0.15, 0.2) is 53.4 Å². The molecule has 0 radical (unpaired) electrons. The zero-order valence-corrected chi connectivity index (χ0v) is 14.8. The van der Waals surface area contributed by atoms with Gasteiger partial charge in [-0.05, 0) is 41.8 Å². The summed E-state index contributed by atoms with van der Waals surface area (Å²) in [7, 11) is -2.12. The van der Waals surface area contributed by atoms with Gasteiger partial charge in [-0.3, -0.25) is 4.79 Å². The molecule has 1 N–H and O–H groups in total. The van der Waals surface area contributed by atoms with Crippen LogP contribution >= 0.6 is 0 Å². The molecular formula is C18H21NO4S. The van der Waals surface area contributed by atoms with Crippen LogP contribution in [0, 0.1) is 0 Å². The van der Waals surface area contributed by atoms with Crippen LogP contribution in [0.5, 0.6) is 5.75 Å². The van der Waals surface area contributed by atoms with Gasteiger partial charge in [0.15, 0.2) is 5.78 Å². The second kappa shape index (κ2) is 7.59. The molecule has 0 aliphatic rings. The first-order valence-electron chi connectivity index (χ1n) is 7.61. The highest BCUT2D eigenvalue weighted by molar-refractivity contribution is 7.89. The van der Waals surface area contributed by atoms with Crippen molar-refractivity contribution in [2.75, 3.05) is 13.7 Å². The second-order valence-electron chi connectivity index (χ2n) is 5.67. The van der Waals surface area contributed by atoms with Crippen LogP contribution in [0.4, 0.5) is 0 Å². The third-order valence-corrected chi connectivity index (χ3v) is 5.07. The summed E-state index contributed by atoms with van der Waals surface area (Å²) in [6.07, 6.45) is 0. The molecule has 0 aliphatic heterocycles. The Morgan fingerprint density at radius 2 is 1.79 bits per heavy atom. The molecule has 6 heteroatoms. The number of ether oxygens (including phenoxy) is 1. The van der Waals surface area contributed by atoms with Crippen molar-refractivity contribution < 1.29 is 17.9 Å². The molecule has 0 saturated carbocycles. The van der Waals surface area contributed by atoms with E-state index in [1.807, 2.05) is 13.8 Å². The van der Waals surface area contributed by atoms with Crippen molar-refractivity contribution in [3.63, 3.8) is 0 Å². The Bertz CT molecular complexity index is 814. The van der Waals surface area contributed by atoms with Crippen LogP contribution in [-0.4, -0.2) is 27.9 Å². The lowest BCUT2D eigenvalue weighted by molar-refractivity contribution is 0.0997. The maximum atomic E-state index is 12.3. The highest BCUT2D eigenvalue weighted by atomic mass is 32.2. The minimum absolute atomic E-state index is 0.135. The van der Waals surface area contributed by atoms with Crippen molar-refractivity contribution in [2.45, 2.75) is 24.7 Å². The van der Waals surface area contributed by atoms with E-state index in [1.54, 1.807) is 43.5 Å². The van der Waals surface area contributed by atoms with E-state index in [1.165, 1.54) is 12.1 Å². The van der Waals surface area contributed by atoms with Gasteiger partial charge in [-0.15, -0.1) is 0 Å². The maximum absolute atomic E-state index is 12.3. The van der Waals surface area contributed by atoms with Gasteiger partial charge in [0.1, 0.15) is 5.75 Å². The number of sulfonamides is 1. The SMILES string of the molecule is COc1ccc(C(=O)CNS(=O)(=O)c2ccccc2)cc1C(C)C. The van der Waals surface area contributed by atoms with Gasteiger partial charge in [0.2, 0.25) is 10.0 Å². The summed E-state index contributed by atoms with van der Waals surface area (Å²) >= 11 is 0. The minimum Gasteiger partial charge on any atom is -0.496 e. The number of hydrogen-bond donors (Lipinski definition) is 1. The van der Waals surface area contributed by atoms with Crippen LogP contribution in [0.1, 0.15) is 35.7 Å². The number of carbonyl (C=O) groups excluding carboxylic acids is 1. The molecule has 2 aromatic rings. The van der Waals surface area contributed by atoms with Gasteiger partial charge >= 0.3 is 0 Å². The van der Waals surface area contributed by atoms with Crippen LogP contribution in [0.3, 0.4) is 0 Å². The minimum atomic E-state index is -3.70. The molecule has 2 aromatic carbocycles. The number of hydrogen-bond acceptors (Lipinski definition) is 4. The fraction of sp³-hybridized carbons (Fsp3) is 0.278. The largest absolute Gasteiger partial charge is 0.496 e. The van der Waals surface area contributed by atoms with E-state index in [0.29, 0.717) is 11.3 Å². The normalized spacial score (nSPS) is 11.5. The maximum Gasteiger partial charge on any atom is 0.240 e. The van der Waals surface area contributed by atoms with E-state index < -0.39 is 10.0 Å². The Labute approximate surface area is 142 Å². The van der Waals surface area contributed by atoms with E-state index in [4.69, 9.17) is 4.74 Å². The molecule has 0 aromatic heterocycles. The Hall–Kier alpha value is -2.18. The number of methoxy groups -OCH3 is 1. The highest BCUT2D eigenvalue weighted by Crippen LogP contribution is 2.27. The van der Waals surface area contributed by atoms with Crippen LogP contribution in [0.25, 0.3) is 0 Å². The molecular weight excluding hydrogens is 326 g/mol. The highest BCUT2D eigenvalue weighted by Gasteiger charge is 2.17. The first kappa shape index (κ1) is 18.2. The number of nitrogens with one attached hydrogen (secondary N) is 1. The third-order valence-electron chi connectivity index (χ3n) is 3.65. The molecule has 0 aliphatic carbocycles. The standard InChI is InChI=1S/C18H21NO4S/c1-13(2)16-11-14(9-10-18(16)23-3)17(20)12-19-24(21,22)15-7-5-4-6-8-15/h4-11,13,19H,12H2,1-3H3. The van der Waals surface area contributed by atoms with E-state index >= 15 is 0 Å². The van der Waals surface area contributed by atoms with Crippen molar-refractivity contribution in [2.24, 2.45) is 0 Å². The third kappa shape index (κ3) is 4.21. The van der Waals surface area contributed by atoms with Gasteiger partial charge in [-0.2, -0.15) is 0 Å². The number of rotatable bonds is 7. The lowest BCUT2D eigenvalue weighted by Crippen LogP contribution is -2.29. The van der Waals surface area contributed by atoms with Crippen molar-refractivity contribution in [1.82, 2.24) is 4.72 Å². The summed E-state index contributed by atoms with van der Waals surface area (Å²) in [6.45, 7) is 3.72. The smallest absolute Gasteiger partial charge is 0.240 e. The molecule has 0 unspecified atom stereocenters. The van der Waals surface area contributed by atoms with E-state index in [9.17, 15) is 13.2 Å². The summed E-state index contributed by atoms with van der Waals surface area (Å²) < 4.78 is 32.0. The number of Topliss-reactive ketones (excluding diaryl/α,β-unsaturated/α-hetero) is 1. The summed E-state index contributed by atoms with van der Waals surface area (Å²) in [4.78, 5) is 12.5. The van der Waals surface area contributed by atoms with E-state index in [-0.39, 0.29) is 23.1 Å². The van der Waals surface area contributed by atoms with Crippen LogP contribution < -0.4 is 9.46 Å². The first-order chi connectivity index (χ1) is 11.3. The van der Waals surface area contributed by atoms with Gasteiger partial charge in [0.05, 0.1) is 18.6 Å². The molecule has 24 heavy (non-hydrogen) atoms. The summed E-state index contributed by atoms with van der Waals surface area (Å²) in [6, 6.07) is 13.1. The Morgan fingerprint density at radius 3 is 2.38 bits per heavy atom. The molecule has 5 nitrogen and oxygen atoms in total. The first-order valence-corrected chi connectivity index (χ1v) is 9.09. The average molecular weight is 347 g/mol. The van der Waals surface area contributed by atoms with E-state index in [2.05, 4.69) is 4.72 Å². The van der Waals surface area contributed by atoms with Gasteiger partial charge in [0, 0.05) is 5.56 Å². The van der Waals surface area contributed by atoms with Crippen molar-refractivity contribution in [3.8, 4) is 5.75 Å². The average Bonchev–Trinajstić information content (AvgIpc) is 2.59. The van der Waals surface area contributed by atoms with Gasteiger partial charge < -0.3 is 4.74 Å². The fourth-order valence-corrected chi connectivity index (χ4v) is 3.31. The number of carbonyl (C=O) groups is 1. The van der Waals surface area contributed by atoms with Gasteiger partial charge in [-0.25, -0.2) is 13.1 Å². The molecule has 2 rings (SSSR count). The van der Waals surface area contributed by atoms with E-state index in [0.717, 1.165) is 5.56 Å². The molecule has 0 heterocycles.